The minimum Gasteiger partial charge on any atom is -0.355 e. The number of thiophene rings is 1. The summed E-state index contributed by atoms with van der Waals surface area (Å²) in [6.45, 7) is 0.697. The van der Waals surface area contributed by atoms with Crippen molar-refractivity contribution in [3.05, 3.63) is 46.8 Å². The van der Waals surface area contributed by atoms with Crippen LogP contribution < -0.4 is 5.32 Å². The molecule has 2 aromatic rings. The molecule has 0 aromatic carbocycles. The van der Waals surface area contributed by atoms with E-state index in [1.165, 1.54) is 16.6 Å². The molecular formula is C13H14N2OS2. The zero-order chi connectivity index (χ0) is 12.6. The maximum absolute atomic E-state index is 11.6. The molecule has 5 heteroatoms. The summed E-state index contributed by atoms with van der Waals surface area (Å²) in [5.41, 5.74) is 0. The SMILES string of the molecule is O=C(CSc1ccccn1)NCCc1cccs1. The Labute approximate surface area is 115 Å². The number of thioether (sulfide) groups is 1. The molecule has 94 valence electrons. The Kier molecular flexibility index (Phi) is 5.23. The summed E-state index contributed by atoms with van der Waals surface area (Å²) in [7, 11) is 0. The van der Waals surface area contributed by atoms with Crippen molar-refractivity contribution in [2.24, 2.45) is 0 Å². The monoisotopic (exact) mass is 278 g/mol. The lowest BCUT2D eigenvalue weighted by molar-refractivity contribution is -0.118. The van der Waals surface area contributed by atoms with Gasteiger partial charge in [-0.25, -0.2) is 4.98 Å². The first-order chi connectivity index (χ1) is 8.84. The van der Waals surface area contributed by atoms with Crippen molar-refractivity contribution in [3.63, 3.8) is 0 Å². The van der Waals surface area contributed by atoms with E-state index in [0.717, 1.165) is 11.4 Å². The van der Waals surface area contributed by atoms with E-state index in [4.69, 9.17) is 0 Å². The topological polar surface area (TPSA) is 42.0 Å². The average Bonchev–Trinajstić information content (AvgIpc) is 2.91. The zero-order valence-corrected chi connectivity index (χ0v) is 11.5. The Balaban J connectivity index is 1.63. The molecule has 0 spiro atoms. The van der Waals surface area contributed by atoms with Crippen molar-refractivity contribution in [3.8, 4) is 0 Å². The lowest BCUT2D eigenvalue weighted by Crippen LogP contribution is -2.27. The van der Waals surface area contributed by atoms with E-state index in [-0.39, 0.29) is 5.91 Å². The summed E-state index contributed by atoms with van der Waals surface area (Å²) in [5, 5.41) is 5.84. The molecule has 0 radical (unpaired) electrons. The lowest BCUT2D eigenvalue weighted by atomic mass is 10.3. The van der Waals surface area contributed by atoms with Gasteiger partial charge in [-0.05, 0) is 30.0 Å². The van der Waals surface area contributed by atoms with Crippen molar-refractivity contribution in [1.29, 1.82) is 0 Å². The molecule has 0 saturated heterocycles. The van der Waals surface area contributed by atoms with Crippen LogP contribution in [-0.2, 0) is 11.2 Å². The third kappa shape index (κ3) is 4.50. The summed E-state index contributed by atoms with van der Waals surface area (Å²) in [4.78, 5) is 17.0. The summed E-state index contributed by atoms with van der Waals surface area (Å²) < 4.78 is 0. The minimum absolute atomic E-state index is 0.0576. The van der Waals surface area contributed by atoms with Gasteiger partial charge in [0, 0.05) is 17.6 Å². The fourth-order valence-electron chi connectivity index (χ4n) is 1.40. The Hall–Kier alpha value is -1.33. The predicted octanol–water partition coefficient (Wildman–Crippen LogP) is 2.59. The lowest BCUT2D eigenvalue weighted by Gasteiger charge is -2.03. The normalized spacial score (nSPS) is 10.2. The highest BCUT2D eigenvalue weighted by molar-refractivity contribution is 7.99. The molecule has 18 heavy (non-hydrogen) atoms. The van der Waals surface area contributed by atoms with Gasteiger partial charge >= 0.3 is 0 Å². The van der Waals surface area contributed by atoms with Crippen LogP contribution in [0.3, 0.4) is 0 Å². The van der Waals surface area contributed by atoms with Crippen molar-refractivity contribution in [1.82, 2.24) is 10.3 Å². The van der Waals surface area contributed by atoms with E-state index in [1.54, 1.807) is 17.5 Å². The van der Waals surface area contributed by atoms with Crippen molar-refractivity contribution in [2.45, 2.75) is 11.4 Å². The molecular weight excluding hydrogens is 264 g/mol. The van der Waals surface area contributed by atoms with Gasteiger partial charge in [0.05, 0.1) is 10.8 Å². The van der Waals surface area contributed by atoms with E-state index in [1.807, 2.05) is 29.6 Å². The third-order valence-electron chi connectivity index (χ3n) is 2.26. The highest BCUT2D eigenvalue weighted by Crippen LogP contribution is 2.13. The van der Waals surface area contributed by atoms with Gasteiger partial charge in [0.15, 0.2) is 0 Å². The number of carbonyl (C=O) groups is 1. The maximum Gasteiger partial charge on any atom is 0.230 e. The van der Waals surface area contributed by atoms with E-state index in [0.29, 0.717) is 12.3 Å². The number of nitrogens with one attached hydrogen (secondary N) is 1. The molecule has 2 rings (SSSR count). The summed E-state index contributed by atoms with van der Waals surface area (Å²) in [6.07, 6.45) is 2.63. The Morgan fingerprint density at radius 1 is 1.33 bits per heavy atom. The molecule has 0 bridgehead atoms. The quantitative estimate of drug-likeness (QED) is 0.826. The van der Waals surface area contributed by atoms with Crippen LogP contribution in [0.15, 0.2) is 46.9 Å². The van der Waals surface area contributed by atoms with Gasteiger partial charge in [-0.1, -0.05) is 23.9 Å². The number of hydrogen-bond donors (Lipinski definition) is 1. The average molecular weight is 278 g/mol. The first-order valence-electron chi connectivity index (χ1n) is 5.67. The second kappa shape index (κ2) is 7.18. The smallest absolute Gasteiger partial charge is 0.230 e. The van der Waals surface area contributed by atoms with Gasteiger partial charge in [-0.2, -0.15) is 0 Å². The van der Waals surface area contributed by atoms with E-state index in [9.17, 15) is 4.79 Å². The Bertz CT molecular complexity index is 471. The van der Waals surface area contributed by atoms with Crippen LogP contribution in [0.5, 0.6) is 0 Å². The summed E-state index contributed by atoms with van der Waals surface area (Å²) >= 11 is 3.17. The molecule has 0 aliphatic rings. The molecule has 0 aliphatic heterocycles. The Morgan fingerprint density at radius 2 is 2.28 bits per heavy atom. The predicted molar refractivity (Wildman–Crippen MR) is 76.0 cm³/mol. The van der Waals surface area contributed by atoms with Crippen LogP contribution in [0.25, 0.3) is 0 Å². The van der Waals surface area contributed by atoms with Gasteiger partial charge in [0.1, 0.15) is 0 Å². The van der Waals surface area contributed by atoms with Crippen LogP contribution in [0.1, 0.15) is 4.88 Å². The van der Waals surface area contributed by atoms with Crippen molar-refractivity contribution < 1.29 is 4.79 Å². The first-order valence-corrected chi connectivity index (χ1v) is 7.54. The molecule has 1 N–H and O–H groups in total. The molecule has 0 atom stereocenters. The highest BCUT2D eigenvalue weighted by atomic mass is 32.2. The number of amides is 1. The second-order valence-corrected chi connectivity index (χ2v) is 5.66. The molecule has 3 nitrogen and oxygen atoms in total. The molecule has 0 unspecified atom stereocenters. The third-order valence-corrected chi connectivity index (χ3v) is 4.14. The van der Waals surface area contributed by atoms with Crippen LogP contribution >= 0.6 is 23.1 Å². The van der Waals surface area contributed by atoms with E-state index >= 15 is 0 Å². The fraction of sp³-hybridized carbons (Fsp3) is 0.231. The van der Waals surface area contributed by atoms with Gasteiger partial charge in [0.25, 0.3) is 0 Å². The van der Waals surface area contributed by atoms with E-state index in [2.05, 4.69) is 16.4 Å². The first kappa shape index (κ1) is 13.1. The molecule has 2 aromatic heterocycles. The van der Waals surface area contributed by atoms with Crippen molar-refractivity contribution in [2.75, 3.05) is 12.3 Å². The summed E-state index contributed by atoms with van der Waals surface area (Å²) in [6, 6.07) is 9.80. The molecule has 0 saturated carbocycles. The number of nitrogens with zero attached hydrogens (tertiary/aromatic N) is 1. The molecule has 0 fully saturated rings. The van der Waals surface area contributed by atoms with Crippen molar-refractivity contribution >= 4 is 29.0 Å². The van der Waals surface area contributed by atoms with Crippen LogP contribution in [0, 0.1) is 0 Å². The molecule has 1 amide bonds. The number of aromatic nitrogens is 1. The number of carbonyl (C=O) groups excluding carboxylic acids is 1. The van der Waals surface area contributed by atoms with Gasteiger partial charge in [-0.15, -0.1) is 11.3 Å². The van der Waals surface area contributed by atoms with Gasteiger partial charge in [0.2, 0.25) is 5.91 Å². The van der Waals surface area contributed by atoms with Crippen LogP contribution in [0.4, 0.5) is 0 Å². The number of rotatable bonds is 6. The highest BCUT2D eigenvalue weighted by Gasteiger charge is 2.03. The van der Waals surface area contributed by atoms with Gasteiger partial charge < -0.3 is 5.32 Å². The number of hydrogen-bond acceptors (Lipinski definition) is 4. The maximum atomic E-state index is 11.6. The fourth-order valence-corrected chi connectivity index (χ4v) is 2.80. The van der Waals surface area contributed by atoms with Crippen LogP contribution in [0.2, 0.25) is 0 Å². The Morgan fingerprint density at radius 3 is 3.00 bits per heavy atom. The number of pyridine rings is 1. The second-order valence-electron chi connectivity index (χ2n) is 3.64. The minimum atomic E-state index is 0.0576. The largest absolute Gasteiger partial charge is 0.355 e. The van der Waals surface area contributed by atoms with Gasteiger partial charge in [-0.3, -0.25) is 4.79 Å². The van der Waals surface area contributed by atoms with E-state index < -0.39 is 0 Å². The van der Waals surface area contributed by atoms with Crippen LogP contribution in [-0.4, -0.2) is 23.2 Å². The molecule has 0 aliphatic carbocycles. The molecule has 2 heterocycles. The zero-order valence-electron chi connectivity index (χ0n) is 9.83. The summed E-state index contributed by atoms with van der Waals surface area (Å²) in [5.74, 6) is 0.476. The standard InChI is InChI=1S/C13H14N2OS2/c16-12(10-18-13-5-1-2-7-15-13)14-8-6-11-4-3-9-17-11/h1-5,7,9H,6,8,10H2,(H,14,16).